The van der Waals surface area contributed by atoms with Crippen LogP contribution in [0.15, 0.2) is 90.6 Å². The number of carbonyl (C=O) groups is 3. The Morgan fingerprint density at radius 2 is 1.47 bits per heavy atom. The van der Waals surface area contributed by atoms with Crippen LogP contribution in [0.4, 0.5) is 11.4 Å². The van der Waals surface area contributed by atoms with Crippen molar-refractivity contribution in [1.29, 1.82) is 0 Å². The lowest BCUT2D eigenvalue weighted by Gasteiger charge is -2.25. The maximum absolute atomic E-state index is 13.7. The second kappa shape index (κ2) is 10.2. The van der Waals surface area contributed by atoms with E-state index in [4.69, 9.17) is 0 Å². The predicted octanol–water partition coefficient (Wildman–Crippen LogP) is 4.49. The lowest BCUT2D eigenvalue weighted by Crippen LogP contribution is -2.36. The van der Waals surface area contributed by atoms with Crippen LogP contribution in [0.2, 0.25) is 0 Å². The Morgan fingerprint density at radius 3 is 2.06 bits per heavy atom. The van der Waals surface area contributed by atoms with Gasteiger partial charge in [-0.2, -0.15) is 0 Å². The smallest absolute Gasteiger partial charge is 0.278 e. The zero-order chi connectivity index (χ0) is 24.1. The first kappa shape index (κ1) is 23.0. The van der Waals surface area contributed by atoms with Crippen LogP contribution >= 0.6 is 0 Å². The summed E-state index contributed by atoms with van der Waals surface area (Å²) in [5.74, 6) is -0.779. The molecule has 1 heterocycles. The van der Waals surface area contributed by atoms with Gasteiger partial charge in [-0.15, -0.1) is 0 Å². The largest absolute Gasteiger partial charge is 0.337 e. The Hall–Kier alpha value is -4.19. The Balaban J connectivity index is 1.73. The van der Waals surface area contributed by atoms with Crippen LogP contribution in [0.3, 0.4) is 0 Å². The molecule has 3 amide bonds. The molecule has 6 heteroatoms. The van der Waals surface area contributed by atoms with Crippen molar-refractivity contribution in [2.24, 2.45) is 0 Å². The highest BCUT2D eigenvalue weighted by atomic mass is 16.2. The number of para-hydroxylation sites is 1. The maximum Gasteiger partial charge on any atom is 0.278 e. The summed E-state index contributed by atoms with van der Waals surface area (Å²) in [5.41, 5.74) is 3.93. The fraction of sp³-hybridized carbons (Fsp3) is 0.179. The molecule has 3 aromatic rings. The summed E-state index contributed by atoms with van der Waals surface area (Å²) in [6.45, 7) is 4.22. The molecule has 0 saturated heterocycles. The van der Waals surface area contributed by atoms with E-state index in [-0.39, 0.29) is 17.7 Å². The number of imide groups is 1. The van der Waals surface area contributed by atoms with Gasteiger partial charge >= 0.3 is 0 Å². The van der Waals surface area contributed by atoms with Gasteiger partial charge in [-0.05, 0) is 48.7 Å². The summed E-state index contributed by atoms with van der Waals surface area (Å²) in [7, 11) is 0. The van der Waals surface area contributed by atoms with Crippen molar-refractivity contribution >= 4 is 34.7 Å². The van der Waals surface area contributed by atoms with Gasteiger partial charge in [-0.25, -0.2) is 0 Å². The minimum atomic E-state index is -0.308. The molecule has 0 aliphatic carbocycles. The summed E-state index contributed by atoms with van der Waals surface area (Å²) in [5, 5.41) is 2.73. The first-order valence-electron chi connectivity index (χ1n) is 11.3. The van der Waals surface area contributed by atoms with E-state index in [0.29, 0.717) is 42.0 Å². The maximum atomic E-state index is 13.7. The molecule has 172 valence electrons. The van der Waals surface area contributed by atoms with Gasteiger partial charge < -0.3 is 10.2 Å². The molecule has 0 saturated carbocycles. The topological polar surface area (TPSA) is 69.7 Å². The minimum Gasteiger partial charge on any atom is -0.337 e. The lowest BCUT2D eigenvalue weighted by atomic mass is 10.0. The predicted molar refractivity (Wildman–Crippen MR) is 134 cm³/mol. The van der Waals surface area contributed by atoms with E-state index in [1.165, 1.54) is 11.8 Å². The molecular formula is C28H27N3O3. The molecular weight excluding hydrogens is 426 g/mol. The third-order valence-electron chi connectivity index (χ3n) is 5.76. The monoisotopic (exact) mass is 453 g/mol. The third kappa shape index (κ3) is 4.76. The highest BCUT2D eigenvalue weighted by molar-refractivity contribution is 6.36. The molecule has 0 radical (unpaired) electrons. The molecule has 0 fully saturated rings. The highest BCUT2D eigenvalue weighted by Crippen LogP contribution is 2.34. The fourth-order valence-electron chi connectivity index (χ4n) is 4.16. The fourth-order valence-corrected chi connectivity index (χ4v) is 4.16. The van der Waals surface area contributed by atoms with Crippen molar-refractivity contribution < 1.29 is 14.4 Å². The average Bonchev–Trinajstić information content (AvgIpc) is 3.09. The van der Waals surface area contributed by atoms with Crippen LogP contribution in [0.25, 0.3) is 5.57 Å². The molecule has 1 N–H and O–H groups in total. The molecule has 34 heavy (non-hydrogen) atoms. The van der Waals surface area contributed by atoms with Crippen LogP contribution in [0.1, 0.15) is 25.0 Å². The Labute approximate surface area is 199 Å². The van der Waals surface area contributed by atoms with Crippen LogP contribution < -0.4 is 10.2 Å². The molecule has 0 unspecified atom stereocenters. The summed E-state index contributed by atoms with van der Waals surface area (Å²) in [6, 6.07) is 26.4. The lowest BCUT2D eigenvalue weighted by molar-refractivity contribution is -0.136. The second-order valence-electron chi connectivity index (χ2n) is 8.06. The highest BCUT2D eigenvalue weighted by Gasteiger charge is 2.41. The van der Waals surface area contributed by atoms with Gasteiger partial charge in [0.1, 0.15) is 5.70 Å². The number of hydrogen-bond acceptors (Lipinski definition) is 4. The van der Waals surface area contributed by atoms with Crippen molar-refractivity contribution in [3.8, 4) is 0 Å². The van der Waals surface area contributed by atoms with E-state index >= 15 is 0 Å². The van der Waals surface area contributed by atoms with E-state index < -0.39 is 0 Å². The SMILES string of the molecule is CCN(C1=C(c2ccc(NC(C)=O)cc2)C(=O)N(CCc2ccccc2)C1=O)c1ccccc1. The number of hydrogen-bond donors (Lipinski definition) is 1. The molecule has 6 nitrogen and oxygen atoms in total. The number of nitrogens with one attached hydrogen (secondary N) is 1. The van der Waals surface area contributed by atoms with E-state index in [2.05, 4.69) is 5.32 Å². The molecule has 0 aromatic heterocycles. The summed E-state index contributed by atoms with van der Waals surface area (Å²) < 4.78 is 0. The van der Waals surface area contributed by atoms with Crippen molar-refractivity contribution in [2.45, 2.75) is 20.3 Å². The summed E-state index contributed by atoms with van der Waals surface area (Å²) in [6.07, 6.45) is 0.581. The number of likely N-dealkylation sites (N-methyl/N-ethyl adjacent to an activating group) is 1. The molecule has 0 bridgehead atoms. The number of anilines is 2. The van der Waals surface area contributed by atoms with Crippen LogP contribution in [-0.2, 0) is 20.8 Å². The van der Waals surface area contributed by atoms with E-state index in [0.717, 1.165) is 11.3 Å². The van der Waals surface area contributed by atoms with Crippen molar-refractivity contribution in [3.05, 3.63) is 102 Å². The summed E-state index contributed by atoms with van der Waals surface area (Å²) >= 11 is 0. The van der Waals surface area contributed by atoms with Gasteiger partial charge in [0.25, 0.3) is 11.8 Å². The van der Waals surface area contributed by atoms with Crippen LogP contribution in [0, 0.1) is 0 Å². The normalized spacial score (nSPS) is 13.4. The first-order valence-corrected chi connectivity index (χ1v) is 11.3. The van der Waals surface area contributed by atoms with E-state index in [1.54, 1.807) is 24.3 Å². The summed E-state index contributed by atoms with van der Waals surface area (Å²) in [4.78, 5) is 41.9. The van der Waals surface area contributed by atoms with Crippen LogP contribution in [0.5, 0.6) is 0 Å². The van der Waals surface area contributed by atoms with Crippen molar-refractivity contribution in [1.82, 2.24) is 4.90 Å². The molecule has 1 aliphatic heterocycles. The number of benzene rings is 3. The van der Waals surface area contributed by atoms with E-state index in [1.807, 2.05) is 72.5 Å². The quantitative estimate of drug-likeness (QED) is 0.510. The standard InChI is InChI=1S/C28H27N3O3/c1-3-30(24-12-8-5-9-13-24)26-25(22-14-16-23(17-15-22)29-20(2)32)27(33)31(28(26)34)19-18-21-10-6-4-7-11-21/h4-17H,3,18-19H2,1-2H3,(H,29,32). The van der Waals surface area contributed by atoms with Crippen molar-refractivity contribution in [3.63, 3.8) is 0 Å². The number of carbonyl (C=O) groups excluding carboxylic acids is 3. The number of nitrogens with zero attached hydrogens (tertiary/aromatic N) is 2. The molecule has 0 atom stereocenters. The minimum absolute atomic E-state index is 0.173. The van der Waals surface area contributed by atoms with Crippen molar-refractivity contribution in [2.75, 3.05) is 23.3 Å². The molecule has 0 spiro atoms. The molecule has 3 aromatic carbocycles. The van der Waals surface area contributed by atoms with Gasteiger partial charge in [0, 0.05) is 31.4 Å². The Bertz CT molecular complexity index is 1220. The molecule has 1 aliphatic rings. The molecule has 4 rings (SSSR count). The third-order valence-corrected chi connectivity index (χ3v) is 5.76. The van der Waals surface area contributed by atoms with E-state index in [9.17, 15) is 14.4 Å². The Morgan fingerprint density at radius 1 is 0.853 bits per heavy atom. The zero-order valence-electron chi connectivity index (χ0n) is 19.3. The van der Waals surface area contributed by atoms with Crippen LogP contribution in [-0.4, -0.2) is 35.7 Å². The average molecular weight is 454 g/mol. The van der Waals surface area contributed by atoms with Gasteiger partial charge in [0.15, 0.2) is 0 Å². The van der Waals surface area contributed by atoms with Gasteiger partial charge in [-0.3, -0.25) is 19.3 Å². The van der Waals surface area contributed by atoms with Gasteiger partial charge in [-0.1, -0.05) is 60.7 Å². The first-order chi connectivity index (χ1) is 16.5. The van der Waals surface area contributed by atoms with Gasteiger partial charge in [0.2, 0.25) is 5.91 Å². The number of amides is 3. The zero-order valence-corrected chi connectivity index (χ0v) is 19.3. The second-order valence-corrected chi connectivity index (χ2v) is 8.06. The Kier molecular flexibility index (Phi) is 6.87. The number of rotatable bonds is 8. The van der Waals surface area contributed by atoms with Gasteiger partial charge in [0.05, 0.1) is 5.57 Å².